The maximum absolute atomic E-state index is 11.1. The molecule has 0 aromatic heterocycles. The zero-order chi connectivity index (χ0) is 26.3. The topological polar surface area (TPSA) is 76.0 Å². The summed E-state index contributed by atoms with van der Waals surface area (Å²) in [6, 6.07) is 10.4. The van der Waals surface area contributed by atoms with Gasteiger partial charge in [-0.05, 0) is 84.4 Å². The van der Waals surface area contributed by atoms with Crippen LogP contribution in [0, 0.1) is 11.8 Å². The van der Waals surface area contributed by atoms with Crippen LogP contribution in [0.25, 0.3) is 0 Å². The molecule has 1 aliphatic rings. The van der Waals surface area contributed by atoms with E-state index in [1.807, 2.05) is 6.07 Å². The van der Waals surface area contributed by atoms with Gasteiger partial charge >= 0.3 is 5.97 Å². The molecule has 2 N–H and O–H groups in total. The van der Waals surface area contributed by atoms with Crippen LogP contribution in [0.15, 0.2) is 36.4 Å². The maximum Gasteiger partial charge on any atom is 0.335 e. The molecule has 0 saturated carbocycles. The van der Waals surface area contributed by atoms with Crippen molar-refractivity contribution in [3.63, 3.8) is 0 Å². The second-order valence-corrected chi connectivity index (χ2v) is 11.0. The lowest BCUT2D eigenvalue weighted by Crippen LogP contribution is -2.34. The fraction of sp³-hybridized carbons (Fsp3) is 0.516. The van der Waals surface area contributed by atoms with E-state index in [2.05, 4.69) is 45.6 Å². The third-order valence-corrected chi connectivity index (χ3v) is 7.21. The van der Waals surface area contributed by atoms with Crippen molar-refractivity contribution >= 4 is 5.97 Å². The van der Waals surface area contributed by atoms with Gasteiger partial charge in [0.05, 0.1) is 12.2 Å². The molecule has 5 heteroatoms. The van der Waals surface area contributed by atoms with Gasteiger partial charge in [0, 0.05) is 24.8 Å². The Balaban J connectivity index is 1.87. The summed E-state index contributed by atoms with van der Waals surface area (Å²) < 4.78 is 11.5. The summed E-state index contributed by atoms with van der Waals surface area (Å²) in [5, 5.41) is 20.1. The number of carbonyl (C=O) groups is 1. The first-order chi connectivity index (χ1) is 17.0. The van der Waals surface area contributed by atoms with E-state index in [1.54, 1.807) is 19.2 Å². The van der Waals surface area contributed by atoms with Crippen LogP contribution in [0.2, 0.25) is 0 Å². The Hall–Kier alpha value is -2.81. The molecule has 0 heterocycles. The van der Waals surface area contributed by atoms with Gasteiger partial charge in [-0.1, -0.05) is 52.0 Å². The van der Waals surface area contributed by atoms with Gasteiger partial charge in [-0.15, -0.1) is 0 Å². The van der Waals surface area contributed by atoms with Gasteiger partial charge in [0.15, 0.2) is 0 Å². The lowest BCUT2D eigenvalue weighted by atomic mass is 9.62. The van der Waals surface area contributed by atoms with Crippen LogP contribution in [-0.2, 0) is 15.6 Å². The molecule has 0 saturated heterocycles. The molecule has 3 rings (SSSR count). The molecule has 0 amide bonds. The Morgan fingerprint density at radius 3 is 2.25 bits per heavy atom. The van der Waals surface area contributed by atoms with Gasteiger partial charge in [0.2, 0.25) is 0 Å². The second-order valence-electron chi connectivity index (χ2n) is 11.0. The van der Waals surface area contributed by atoms with Crippen molar-refractivity contribution < 1.29 is 24.5 Å². The van der Waals surface area contributed by atoms with E-state index in [-0.39, 0.29) is 16.4 Å². The van der Waals surface area contributed by atoms with E-state index >= 15 is 0 Å². The summed E-state index contributed by atoms with van der Waals surface area (Å²) >= 11 is 0. The number of aromatic carboxylic acids is 1. The van der Waals surface area contributed by atoms with E-state index in [0.29, 0.717) is 12.2 Å². The maximum atomic E-state index is 11.1. The number of methoxy groups -OCH3 is 1. The molecule has 1 unspecified atom stereocenters. The van der Waals surface area contributed by atoms with Crippen molar-refractivity contribution in [3.05, 3.63) is 64.2 Å². The smallest absolute Gasteiger partial charge is 0.335 e. The van der Waals surface area contributed by atoms with E-state index in [9.17, 15) is 9.90 Å². The van der Waals surface area contributed by atoms with E-state index in [4.69, 9.17) is 14.6 Å². The van der Waals surface area contributed by atoms with Crippen molar-refractivity contribution in [3.8, 4) is 17.6 Å². The first-order valence-corrected chi connectivity index (χ1v) is 12.9. The third kappa shape index (κ3) is 6.90. The van der Waals surface area contributed by atoms with Crippen LogP contribution in [0.4, 0.5) is 0 Å². The second kappa shape index (κ2) is 12.0. The quantitative estimate of drug-likeness (QED) is 0.296. The molecule has 1 atom stereocenters. The predicted molar refractivity (Wildman–Crippen MR) is 143 cm³/mol. The molecule has 0 radical (unpaired) electrons. The number of carboxylic acids is 1. The number of aliphatic hydroxyl groups is 1. The van der Waals surface area contributed by atoms with Gasteiger partial charge < -0.3 is 19.7 Å². The molecule has 194 valence electrons. The highest BCUT2D eigenvalue weighted by molar-refractivity contribution is 5.87. The Kier molecular flexibility index (Phi) is 9.22. The highest BCUT2D eigenvalue weighted by atomic mass is 16.5. The van der Waals surface area contributed by atoms with Crippen LogP contribution < -0.4 is 4.74 Å². The predicted octanol–water partition coefficient (Wildman–Crippen LogP) is 6.40. The minimum atomic E-state index is -0.980. The van der Waals surface area contributed by atoms with Crippen LogP contribution in [0.1, 0.15) is 105 Å². The molecule has 5 nitrogen and oxygen atoms in total. The lowest BCUT2D eigenvalue weighted by molar-refractivity contribution is 0.0697. The number of hydrogen-bond acceptors (Lipinski definition) is 4. The molecule has 0 fully saturated rings. The summed E-state index contributed by atoms with van der Waals surface area (Å²) in [7, 11) is 1.73. The van der Waals surface area contributed by atoms with Gasteiger partial charge in [-0.2, -0.15) is 0 Å². The minimum Gasteiger partial charge on any atom is -0.493 e. The van der Waals surface area contributed by atoms with Crippen LogP contribution in [0.5, 0.6) is 5.75 Å². The Labute approximate surface area is 215 Å². The summed E-state index contributed by atoms with van der Waals surface area (Å²) in [6.07, 6.45) is 5.41. The van der Waals surface area contributed by atoms with Crippen molar-refractivity contribution in [2.75, 3.05) is 20.3 Å². The Morgan fingerprint density at radius 2 is 1.61 bits per heavy atom. The molecule has 0 bridgehead atoms. The number of rotatable bonds is 10. The van der Waals surface area contributed by atoms with Gasteiger partial charge in [0.25, 0.3) is 0 Å². The van der Waals surface area contributed by atoms with Crippen molar-refractivity contribution in [1.82, 2.24) is 0 Å². The van der Waals surface area contributed by atoms with Gasteiger partial charge in [0.1, 0.15) is 11.9 Å². The highest BCUT2D eigenvalue weighted by Gasteiger charge is 2.40. The molecular weight excluding hydrogens is 452 g/mol. The van der Waals surface area contributed by atoms with E-state index < -0.39 is 12.1 Å². The molecule has 2 aromatic rings. The summed E-state index contributed by atoms with van der Waals surface area (Å²) in [5.74, 6) is 5.79. The van der Waals surface area contributed by atoms with Gasteiger partial charge in [-0.25, -0.2) is 4.79 Å². The van der Waals surface area contributed by atoms with Crippen LogP contribution in [-0.4, -0.2) is 36.5 Å². The van der Waals surface area contributed by atoms with E-state index in [0.717, 1.165) is 56.4 Å². The largest absolute Gasteiger partial charge is 0.493 e. The summed E-state index contributed by atoms with van der Waals surface area (Å²) in [4.78, 5) is 11.1. The highest BCUT2D eigenvalue weighted by Crippen LogP contribution is 2.50. The standard InChI is InChI=1S/C31H40O5/c1-30(2)16-17-31(3,4)28-25(30)20-24(21-27(28)36-19-9-7-6-8-18-35-5)26(32)15-12-22-10-13-23(14-11-22)29(33)34/h10-11,13-14,20-21,26,32H,6-9,16-19H2,1-5H3,(H,33,34). The average molecular weight is 493 g/mol. The first-order valence-electron chi connectivity index (χ1n) is 12.9. The fourth-order valence-electron chi connectivity index (χ4n) is 4.84. The summed E-state index contributed by atoms with van der Waals surface area (Å²) in [6.45, 7) is 10.5. The number of unbranched alkanes of at least 4 members (excludes halogenated alkanes) is 3. The lowest BCUT2D eigenvalue weighted by Gasteiger charge is -2.43. The molecule has 0 aliphatic heterocycles. The zero-order valence-corrected chi connectivity index (χ0v) is 22.3. The number of hydrogen-bond donors (Lipinski definition) is 2. The van der Waals surface area contributed by atoms with Crippen molar-refractivity contribution in [2.45, 2.75) is 83.2 Å². The van der Waals surface area contributed by atoms with Crippen LogP contribution >= 0.6 is 0 Å². The average Bonchev–Trinajstić information content (AvgIpc) is 2.84. The number of carboxylic acid groups (broad SMARTS) is 1. The molecule has 0 spiro atoms. The molecule has 1 aliphatic carbocycles. The van der Waals surface area contributed by atoms with Crippen LogP contribution in [0.3, 0.4) is 0 Å². The molecular formula is C31H40O5. The number of ether oxygens (including phenoxy) is 2. The third-order valence-electron chi connectivity index (χ3n) is 7.21. The zero-order valence-electron chi connectivity index (χ0n) is 22.3. The Morgan fingerprint density at radius 1 is 0.972 bits per heavy atom. The molecule has 2 aromatic carbocycles. The monoisotopic (exact) mass is 492 g/mol. The fourth-order valence-corrected chi connectivity index (χ4v) is 4.84. The van der Waals surface area contributed by atoms with Crippen molar-refractivity contribution in [1.29, 1.82) is 0 Å². The van der Waals surface area contributed by atoms with E-state index in [1.165, 1.54) is 23.3 Å². The first kappa shape index (κ1) is 27.8. The van der Waals surface area contributed by atoms with Gasteiger partial charge in [-0.3, -0.25) is 0 Å². The molecule has 36 heavy (non-hydrogen) atoms. The number of aliphatic hydroxyl groups excluding tert-OH is 1. The normalized spacial score (nSPS) is 16.4. The Bertz CT molecular complexity index is 1100. The number of fused-ring (bicyclic) bond motifs is 1. The summed E-state index contributed by atoms with van der Waals surface area (Å²) in [5.41, 5.74) is 4.01. The number of benzene rings is 2. The minimum absolute atomic E-state index is 0.0142. The van der Waals surface area contributed by atoms with Crippen molar-refractivity contribution in [2.24, 2.45) is 0 Å². The SMILES string of the molecule is COCCCCCCOc1cc(C(O)C#Cc2ccc(C(=O)O)cc2)cc2c1C(C)(C)CCC2(C)C.